The zero-order valence-corrected chi connectivity index (χ0v) is 15.5. The van der Waals surface area contributed by atoms with Crippen LogP contribution in [0.2, 0.25) is 0 Å². The van der Waals surface area contributed by atoms with Gasteiger partial charge in [-0.25, -0.2) is 5.01 Å². The number of rotatable bonds is 5. The molecule has 1 aliphatic rings. The second-order valence-electron chi connectivity index (χ2n) is 6.67. The highest BCUT2D eigenvalue weighted by atomic mass is 16.1. The Balaban J connectivity index is 2.00. The highest BCUT2D eigenvalue weighted by Crippen LogP contribution is 2.22. The Morgan fingerprint density at radius 3 is 2.33 bits per heavy atom. The average Bonchev–Trinajstić information content (AvgIpc) is 3.23. The molecular formula is C21H25N5O. The van der Waals surface area contributed by atoms with Crippen molar-refractivity contribution < 1.29 is 4.79 Å². The number of carbonyl (C=O) groups excluding carboxylic acids is 1. The maximum atomic E-state index is 11.0. The molecule has 3 N–H and O–H groups in total. The monoisotopic (exact) mass is 363 g/mol. The van der Waals surface area contributed by atoms with Gasteiger partial charge in [-0.15, -0.1) is 0 Å². The van der Waals surface area contributed by atoms with E-state index in [4.69, 9.17) is 16.2 Å². The quantitative estimate of drug-likeness (QED) is 0.370. The Morgan fingerprint density at radius 2 is 1.78 bits per heavy atom. The number of nitrogens with one attached hydrogen (secondary N) is 1. The van der Waals surface area contributed by atoms with Crippen molar-refractivity contribution in [1.82, 2.24) is 9.91 Å². The third kappa shape index (κ3) is 4.34. The van der Waals surface area contributed by atoms with Gasteiger partial charge in [0, 0.05) is 24.2 Å². The first-order valence-corrected chi connectivity index (χ1v) is 9.17. The van der Waals surface area contributed by atoms with Crippen LogP contribution in [0.3, 0.4) is 0 Å². The van der Waals surface area contributed by atoms with Crippen molar-refractivity contribution in [3.8, 4) is 0 Å². The number of guanidine groups is 1. The Bertz CT molecular complexity index is 810. The highest BCUT2D eigenvalue weighted by Gasteiger charge is 2.23. The van der Waals surface area contributed by atoms with E-state index < -0.39 is 0 Å². The Labute approximate surface area is 159 Å². The van der Waals surface area contributed by atoms with Gasteiger partial charge in [-0.1, -0.05) is 54.6 Å². The summed E-state index contributed by atoms with van der Waals surface area (Å²) in [7, 11) is 0. The van der Waals surface area contributed by atoms with Crippen molar-refractivity contribution in [2.45, 2.75) is 25.8 Å². The Hall–Kier alpha value is -3.15. The first-order valence-electron chi connectivity index (χ1n) is 9.17. The molecule has 1 unspecified atom stereocenters. The fourth-order valence-electron chi connectivity index (χ4n) is 3.27. The number of likely N-dealkylation sites (tertiary alicyclic amines) is 1. The van der Waals surface area contributed by atoms with Crippen molar-refractivity contribution in [2.24, 2.45) is 10.8 Å². The van der Waals surface area contributed by atoms with Gasteiger partial charge in [0.05, 0.1) is 6.04 Å². The normalized spacial score (nSPS) is 15.4. The number of nitrogens with zero attached hydrogens (tertiary/aromatic N) is 3. The molecule has 6 heteroatoms. The van der Waals surface area contributed by atoms with Crippen molar-refractivity contribution >= 4 is 18.1 Å². The summed E-state index contributed by atoms with van der Waals surface area (Å²) >= 11 is 0. The number of hydrogen-bond donors (Lipinski definition) is 2. The predicted octanol–water partition coefficient (Wildman–Crippen LogP) is 3.21. The lowest BCUT2D eigenvalue weighted by Gasteiger charge is -2.28. The minimum atomic E-state index is -0.171. The van der Waals surface area contributed by atoms with Gasteiger partial charge in [-0.2, -0.15) is 5.10 Å². The van der Waals surface area contributed by atoms with E-state index >= 15 is 0 Å². The van der Waals surface area contributed by atoms with E-state index in [1.165, 1.54) is 0 Å². The molecule has 1 fully saturated rings. The zero-order valence-electron chi connectivity index (χ0n) is 15.5. The molecule has 27 heavy (non-hydrogen) atoms. The fraction of sp³-hybridized carbons (Fsp3) is 0.286. The van der Waals surface area contributed by atoms with Gasteiger partial charge in [0.2, 0.25) is 5.96 Å². The van der Waals surface area contributed by atoms with Gasteiger partial charge < -0.3 is 10.6 Å². The molecule has 2 aromatic carbocycles. The van der Waals surface area contributed by atoms with Crippen molar-refractivity contribution in [1.29, 1.82) is 5.41 Å². The van der Waals surface area contributed by atoms with Crippen LogP contribution < -0.4 is 5.73 Å². The van der Waals surface area contributed by atoms with E-state index in [9.17, 15) is 4.79 Å². The Kier molecular flexibility index (Phi) is 5.86. The van der Waals surface area contributed by atoms with Crippen molar-refractivity contribution in [3.63, 3.8) is 0 Å². The summed E-state index contributed by atoms with van der Waals surface area (Å²) in [5, 5.41) is 14.4. The third-order valence-corrected chi connectivity index (χ3v) is 4.81. The van der Waals surface area contributed by atoms with E-state index in [2.05, 4.69) is 4.90 Å². The van der Waals surface area contributed by atoms with Crippen LogP contribution in [0.4, 0.5) is 0 Å². The topological polar surface area (TPSA) is 85.8 Å². The van der Waals surface area contributed by atoms with Gasteiger partial charge in [-0.05, 0) is 25.3 Å². The molecule has 2 aromatic rings. The number of benzene rings is 2. The average molecular weight is 363 g/mol. The minimum Gasteiger partial charge on any atom is -0.369 e. The van der Waals surface area contributed by atoms with Crippen LogP contribution in [0.1, 0.15) is 47.3 Å². The molecule has 1 atom stereocenters. The molecule has 1 aliphatic heterocycles. The van der Waals surface area contributed by atoms with Crippen molar-refractivity contribution in [3.05, 3.63) is 71.3 Å². The lowest BCUT2D eigenvalue weighted by atomic mass is 10.1. The van der Waals surface area contributed by atoms with E-state index in [1.807, 2.05) is 49.4 Å². The molecule has 0 radical (unpaired) electrons. The van der Waals surface area contributed by atoms with E-state index in [0.29, 0.717) is 5.56 Å². The number of aldehydes is 1. The standard InChI is InChI=1S/C21H25N5O/c1-16(18-7-3-2-4-8-18)26(21(22)23)24-20(25-13-5-6-14-25)19-11-9-17(15-27)10-12-19/h2-4,7-12,15-16H,5-6,13-14H2,1H3,(H3,22,23). The number of nitrogens with two attached hydrogens (primary N) is 1. The minimum absolute atomic E-state index is 0.104. The van der Waals surface area contributed by atoms with E-state index in [0.717, 1.165) is 49.2 Å². The van der Waals surface area contributed by atoms with Crippen molar-refractivity contribution in [2.75, 3.05) is 13.1 Å². The smallest absolute Gasteiger partial charge is 0.209 e. The Morgan fingerprint density at radius 1 is 1.15 bits per heavy atom. The SMILES string of the molecule is CC(c1ccccc1)N(N=C(c1ccc(C=O)cc1)N1CCCC1)C(=N)N. The van der Waals surface area contributed by atoms with Gasteiger partial charge in [0.15, 0.2) is 5.84 Å². The molecule has 0 bridgehead atoms. The molecule has 1 saturated heterocycles. The number of hydrogen-bond acceptors (Lipinski definition) is 3. The highest BCUT2D eigenvalue weighted by molar-refractivity contribution is 6.00. The zero-order chi connectivity index (χ0) is 19.2. The van der Waals surface area contributed by atoms with Crippen LogP contribution in [-0.4, -0.2) is 41.1 Å². The van der Waals surface area contributed by atoms with Gasteiger partial charge >= 0.3 is 0 Å². The van der Waals surface area contributed by atoms with E-state index in [1.54, 1.807) is 17.1 Å². The molecule has 0 saturated carbocycles. The fourth-order valence-corrected chi connectivity index (χ4v) is 3.27. The molecule has 3 rings (SSSR count). The molecule has 0 amide bonds. The second kappa shape index (κ2) is 8.49. The number of amidine groups is 1. The maximum Gasteiger partial charge on any atom is 0.209 e. The van der Waals surface area contributed by atoms with Crippen LogP contribution in [0.5, 0.6) is 0 Å². The van der Waals surface area contributed by atoms with Gasteiger partial charge in [0.25, 0.3) is 0 Å². The molecule has 0 aromatic heterocycles. The number of carbonyl (C=O) groups is 1. The van der Waals surface area contributed by atoms with Crippen LogP contribution in [0.25, 0.3) is 0 Å². The van der Waals surface area contributed by atoms with E-state index in [-0.39, 0.29) is 12.0 Å². The van der Waals surface area contributed by atoms with Crippen LogP contribution in [-0.2, 0) is 0 Å². The molecule has 0 spiro atoms. The molecular weight excluding hydrogens is 338 g/mol. The summed E-state index contributed by atoms with van der Waals surface area (Å²) in [6.45, 7) is 3.82. The molecule has 140 valence electrons. The van der Waals surface area contributed by atoms with Crippen LogP contribution in [0, 0.1) is 5.41 Å². The predicted molar refractivity (Wildman–Crippen MR) is 108 cm³/mol. The van der Waals surface area contributed by atoms with Crippen LogP contribution in [0.15, 0.2) is 59.7 Å². The van der Waals surface area contributed by atoms with Gasteiger partial charge in [-0.3, -0.25) is 10.2 Å². The summed E-state index contributed by atoms with van der Waals surface area (Å²) in [4.78, 5) is 13.2. The first-order chi connectivity index (χ1) is 13.1. The summed E-state index contributed by atoms with van der Waals surface area (Å²) < 4.78 is 0. The second-order valence-corrected chi connectivity index (χ2v) is 6.67. The molecule has 1 heterocycles. The molecule has 6 nitrogen and oxygen atoms in total. The summed E-state index contributed by atoms with van der Waals surface area (Å²) in [6, 6.07) is 17.1. The van der Waals surface area contributed by atoms with Crippen LogP contribution >= 0.6 is 0 Å². The lowest BCUT2D eigenvalue weighted by molar-refractivity contribution is 0.112. The first kappa shape index (κ1) is 18.6. The summed E-state index contributed by atoms with van der Waals surface area (Å²) in [5.41, 5.74) is 8.46. The summed E-state index contributed by atoms with van der Waals surface area (Å²) in [6.07, 6.45) is 3.05. The largest absolute Gasteiger partial charge is 0.369 e. The molecule has 0 aliphatic carbocycles. The van der Waals surface area contributed by atoms with Gasteiger partial charge in [0.1, 0.15) is 6.29 Å². The lowest BCUT2D eigenvalue weighted by Crippen LogP contribution is -2.38. The summed E-state index contributed by atoms with van der Waals surface area (Å²) in [5.74, 6) is 0.676. The maximum absolute atomic E-state index is 11.0. The third-order valence-electron chi connectivity index (χ3n) is 4.81. The number of hydrazone groups is 1.